The first kappa shape index (κ1) is 9.86. The van der Waals surface area contributed by atoms with Gasteiger partial charge in [0.15, 0.2) is 0 Å². The van der Waals surface area contributed by atoms with E-state index in [1.54, 1.807) is 4.90 Å². The van der Waals surface area contributed by atoms with Crippen LogP contribution in [0.3, 0.4) is 0 Å². The van der Waals surface area contributed by atoms with Gasteiger partial charge in [-0.1, -0.05) is 12.6 Å². The predicted molar refractivity (Wildman–Crippen MR) is 52.7 cm³/mol. The highest BCUT2D eigenvalue weighted by Gasteiger charge is 2.21. The van der Waals surface area contributed by atoms with Crippen LogP contribution in [0.1, 0.15) is 12.8 Å². The van der Waals surface area contributed by atoms with Crippen molar-refractivity contribution in [3.05, 3.63) is 0 Å². The number of carbonyl (C=O) groups excluding carboxylic acids is 1. The Morgan fingerprint density at radius 3 is 2.42 bits per heavy atom. The van der Waals surface area contributed by atoms with Gasteiger partial charge in [0, 0.05) is 13.1 Å². The van der Waals surface area contributed by atoms with Crippen molar-refractivity contribution < 1.29 is 4.79 Å². The number of hydrogen-bond donors (Lipinski definition) is 1. The van der Waals surface area contributed by atoms with Gasteiger partial charge in [-0.15, -0.1) is 0 Å². The second-order valence-corrected chi connectivity index (χ2v) is 3.81. The molecular weight excluding hydrogens is 172 g/mol. The smallest absolute Gasteiger partial charge is 0.278 e. The lowest BCUT2D eigenvalue weighted by molar-refractivity contribution is 0.163. The molecule has 1 saturated heterocycles. The Bertz CT molecular complexity index is 166. The summed E-state index contributed by atoms with van der Waals surface area (Å²) in [5.74, 6) is 0. The van der Waals surface area contributed by atoms with Crippen LogP contribution in [0.5, 0.6) is 0 Å². The summed E-state index contributed by atoms with van der Waals surface area (Å²) in [7, 11) is 3.93. The van der Waals surface area contributed by atoms with Crippen molar-refractivity contribution >= 4 is 17.9 Å². The normalized spacial score (nSPS) is 20.9. The molecule has 3 nitrogen and oxygen atoms in total. The van der Waals surface area contributed by atoms with Crippen LogP contribution in [-0.4, -0.2) is 48.3 Å². The van der Waals surface area contributed by atoms with Crippen LogP contribution in [0.4, 0.5) is 4.79 Å². The topological polar surface area (TPSA) is 23.6 Å². The molecule has 1 amide bonds. The maximum absolute atomic E-state index is 10.9. The zero-order valence-corrected chi connectivity index (χ0v) is 8.55. The second-order valence-electron chi connectivity index (χ2n) is 3.43. The monoisotopic (exact) mass is 188 g/mol. The summed E-state index contributed by atoms with van der Waals surface area (Å²) in [5.41, 5.74) is 0. The number of hydrogen-bond acceptors (Lipinski definition) is 2. The molecule has 0 aromatic carbocycles. The molecule has 0 unspecified atom stereocenters. The third kappa shape index (κ3) is 2.38. The van der Waals surface area contributed by atoms with Crippen LogP contribution >= 0.6 is 12.6 Å². The first-order chi connectivity index (χ1) is 5.61. The van der Waals surface area contributed by atoms with E-state index in [0.717, 1.165) is 25.9 Å². The molecule has 1 fully saturated rings. The number of rotatable bonds is 1. The Balaban J connectivity index is 2.39. The van der Waals surface area contributed by atoms with Crippen LogP contribution in [0, 0.1) is 0 Å². The number of nitrogens with zero attached hydrogens (tertiary/aromatic N) is 2. The largest absolute Gasteiger partial charge is 0.334 e. The molecule has 0 atom stereocenters. The summed E-state index contributed by atoms with van der Waals surface area (Å²) in [4.78, 5) is 14.9. The third-order valence-electron chi connectivity index (χ3n) is 2.54. The highest BCUT2D eigenvalue weighted by Crippen LogP contribution is 2.14. The van der Waals surface area contributed by atoms with E-state index in [1.165, 1.54) is 0 Å². The van der Waals surface area contributed by atoms with E-state index >= 15 is 0 Å². The van der Waals surface area contributed by atoms with Crippen molar-refractivity contribution in [3.8, 4) is 0 Å². The molecule has 0 aliphatic carbocycles. The predicted octanol–water partition coefficient (Wildman–Crippen LogP) is 1.06. The minimum atomic E-state index is -0.121. The molecular formula is C8H16N2OS. The summed E-state index contributed by atoms with van der Waals surface area (Å²) >= 11 is 3.80. The fraction of sp³-hybridized carbons (Fsp3) is 0.875. The van der Waals surface area contributed by atoms with Gasteiger partial charge in [-0.3, -0.25) is 4.79 Å². The van der Waals surface area contributed by atoms with E-state index in [-0.39, 0.29) is 5.24 Å². The Labute approximate surface area is 79.1 Å². The molecule has 1 aliphatic rings. The molecule has 0 aromatic heterocycles. The zero-order valence-electron chi connectivity index (χ0n) is 7.66. The molecule has 0 bridgehead atoms. The molecule has 0 radical (unpaired) electrons. The average Bonchev–Trinajstić information content (AvgIpc) is 2.04. The summed E-state index contributed by atoms with van der Waals surface area (Å²) in [6, 6.07) is 0.395. The van der Waals surface area contributed by atoms with Gasteiger partial charge in [0.25, 0.3) is 5.24 Å². The first-order valence-electron chi connectivity index (χ1n) is 4.25. The summed E-state index contributed by atoms with van der Waals surface area (Å²) < 4.78 is 0. The SMILES string of the molecule is CN1CCC(N(C)C(=O)S)CC1. The minimum absolute atomic E-state index is 0.121. The maximum atomic E-state index is 10.9. The van der Waals surface area contributed by atoms with Crippen molar-refractivity contribution in [1.82, 2.24) is 9.80 Å². The highest BCUT2D eigenvalue weighted by atomic mass is 32.1. The quantitative estimate of drug-likeness (QED) is 0.622. The summed E-state index contributed by atoms with van der Waals surface area (Å²) in [6.45, 7) is 2.16. The van der Waals surface area contributed by atoms with Gasteiger partial charge in [0.05, 0.1) is 0 Å². The summed E-state index contributed by atoms with van der Waals surface area (Å²) in [5, 5.41) is -0.121. The Morgan fingerprint density at radius 1 is 1.50 bits per heavy atom. The number of piperidine rings is 1. The van der Waals surface area contributed by atoms with Gasteiger partial charge in [-0.2, -0.15) is 0 Å². The van der Waals surface area contributed by atoms with Crippen LogP contribution in [-0.2, 0) is 0 Å². The third-order valence-corrected chi connectivity index (χ3v) is 2.85. The van der Waals surface area contributed by atoms with E-state index in [2.05, 4.69) is 24.6 Å². The zero-order chi connectivity index (χ0) is 9.14. The molecule has 1 rings (SSSR count). The number of carbonyl (C=O) groups is 1. The van der Waals surface area contributed by atoms with Crippen molar-refractivity contribution in [2.24, 2.45) is 0 Å². The number of amides is 1. The average molecular weight is 188 g/mol. The number of likely N-dealkylation sites (tertiary alicyclic amines) is 1. The highest BCUT2D eigenvalue weighted by molar-refractivity contribution is 7.96. The molecule has 1 aliphatic heterocycles. The first-order valence-corrected chi connectivity index (χ1v) is 4.70. The van der Waals surface area contributed by atoms with Crippen LogP contribution < -0.4 is 0 Å². The van der Waals surface area contributed by atoms with Crippen molar-refractivity contribution in [3.63, 3.8) is 0 Å². The fourth-order valence-corrected chi connectivity index (χ4v) is 1.70. The van der Waals surface area contributed by atoms with E-state index < -0.39 is 0 Å². The van der Waals surface area contributed by atoms with Gasteiger partial charge in [0.1, 0.15) is 0 Å². The van der Waals surface area contributed by atoms with Crippen LogP contribution in [0.25, 0.3) is 0 Å². The lowest BCUT2D eigenvalue weighted by Gasteiger charge is -2.34. The second kappa shape index (κ2) is 4.14. The van der Waals surface area contributed by atoms with E-state index in [0.29, 0.717) is 6.04 Å². The molecule has 1 heterocycles. The lowest BCUT2D eigenvalue weighted by atomic mass is 10.1. The van der Waals surface area contributed by atoms with Crippen LogP contribution in [0.15, 0.2) is 0 Å². The van der Waals surface area contributed by atoms with Crippen molar-refractivity contribution in [2.45, 2.75) is 18.9 Å². The molecule has 0 N–H and O–H groups in total. The van der Waals surface area contributed by atoms with E-state index in [1.807, 2.05) is 7.05 Å². The van der Waals surface area contributed by atoms with E-state index in [4.69, 9.17) is 0 Å². The maximum Gasteiger partial charge on any atom is 0.278 e. The van der Waals surface area contributed by atoms with Crippen LogP contribution in [0.2, 0.25) is 0 Å². The van der Waals surface area contributed by atoms with Gasteiger partial charge in [0.2, 0.25) is 0 Å². The molecule has 0 saturated carbocycles. The standard InChI is InChI=1S/C8H16N2OS/c1-9-5-3-7(4-6-9)10(2)8(11)12/h7H,3-6H2,1-2H3,(H,11,12). The fourth-order valence-electron chi connectivity index (χ4n) is 1.54. The van der Waals surface area contributed by atoms with Gasteiger partial charge < -0.3 is 9.80 Å². The molecule has 0 spiro atoms. The number of thiol groups is 1. The van der Waals surface area contributed by atoms with Gasteiger partial charge in [-0.25, -0.2) is 0 Å². The molecule has 0 aromatic rings. The summed E-state index contributed by atoms with van der Waals surface area (Å²) in [6.07, 6.45) is 2.14. The van der Waals surface area contributed by atoms with Gasteiger partial charge >= 0.3 is 0 Å². The lowest BCUT2D eigenvalue weighted by Crippen LogP contribution is -2.42. The van der Waals surface area contributed by atoms with Crippen molar-refractivity contribution in [1.29, 1.82) is 0 Å². The Kier molecular flexibility index (Phi) is 3.40. The molecule has 4 heteroatoms. The minimum Gasteiger partial charge on any atom is -0.334 e. The van der Waals surface area contributed by atoms with Gasteiger partial charge in [-0.05, 0) is 33.0 Å². The molecule has 70 valence electrons. The molecule has 12 heavy (non-hydrogen) atoms. The van der Waals surface area contributed by atoms with E-state index in [9.17, 15) is 4.79 Å². The Morgan fingerprint density at radius 2 is 2.00 bits per heavy atom. The van der Waals surface area contributed by atoms with Crippen molar-refractivity contribution in [2.75, 3.05) is 27.2 Å². The Hall–Kier alpha value is -0.220.